The zero-order chi connectivity index (χ0) is 24.2. The first kappa shape index (κ1) is 22.7. The Morgan fingerprint density at radius 2 is 1.65 bits per heavy atom. The van der Waals surface area contributed by atoms with Crippen molar-refractivity contribution in [3.05, 3.63) is 76.8 Å². The molecule has 3 aliphatic rings. The van der Waals surface area contributed by atoms with Crippen LogP contribution in [0.3, 0.4) is 0 Å². The van der Waals surface area contributed by atoms with Crippen LogP contribution in [0, 0.1) is 23.7 Å². The first-order valence-electron chi connectivity index (χ1n) is 10.9. The van der Waals surface area contributed by atoms with E-state index in [4.69, 9.17) is 11.6 Å². The van der Waals surface area contributed by atoms with Crippen molar-refractivity contribution in [3.63, 3.8) is 0 Å². The minimum Gasteiger partial charge on any atom is -0.323 e. The molecule has 2 fully saturated rings. The maximum atomic E-state index is 13.4. The van der Waals surface area contributed by atoms with E-state index < -0.39 is 47.3 Å². The zero-order valence-corrected chi connectivity index (χ0v) is 18.5. The highest BCUT2D eigenvalue weighted by Gasteiger charge is 2.61. The standard InChI is InChI=1S/C25H20ClF3N2O3/c26-17-9-8-16(25(27,28)29)12-18(17)30-22(32)19(10-13-4-2-1-3-5-13)31-23(33)20-14-6-7-15(11-14)21(20)24(31)34/h1-9,12,14-15,19-21H,10-11H2,(H,30,32)/t14-,15-,19-,20+,21+/m0/s1. The lowest BCUT2D eigenvalue weighted by molar-refractivity contribution is -0.147. The second kappa shape index (κ2) is 8.27. The molecule has 0 aromatic heterocycles. The predicted molar refractivity (Wildman–Crippen MR) is 119 cm³/mol. The molecule has 5 nitrogen and oxygen atoms in total. The van der Waals surface area contributed by atoms with Crippen LogP contribution >= 0.6 is 11.6 Å². The summed E-state index contributed by atoms with van der Waals surface area (Å²) in [5.41, 5.74) is -0.505. The van der Waals surface area contributed by atoms with Crippen LogP contribution in [0.25, 0.3) is 0 Å². The van der Waals surface area contributed by atoms with E-state index in [1.807, 2.05) is 12.2 Å². The number of hydrogen-bond donors (Lipinski definition) is 1. The summed E-state index contributed by atoms with van der Waals surface area (Å²) in [5, 5.41) is 2.35. The number of nitrogens with one attached hydrogen (secondary N) is 1. The van der Waals surface area contributed by atoms with Gasteiger partial charge in [-0.2, -0.15) is 13.2 Å². The summed E-state index contributed by atoms with van der Waals surface area (Å²) < 4.78 is 39.5. The fourth-order valence-electron chi connectivity index (χ4n) is 5.38. The minimum atomic E-state index is -4.63. The molecule has 3 amide bonds. The average Bonchev–Trinajstić information content (AvgIpc) is 3.47. The lowest BCUT2D eigenvalue weighted by Crippen LogP contribution is -2.49. The minimum absolute atomic E-state index is 0.0307. The number of hydrogen-bond acceptors (Lipinski definition) is 3. The van der Waals surface area contributed by atoms with E-state index in [-0.39, 0.29) is 29.0 Å². The van der Waals surface area contributed by atoms with Crippen LogP contribution in [-0.4, -0.2) is 28.7 Å². The van der Waals surface area contributed by atoms with Gasteiger partial charge in [0.15, 0.2) is 0 Å². The molecule has 1 saturated carbocycles. The van der Waals surface area contributed by atoms with Crippen molar-refractivity contribution in [3.8, 4) is 0 Å². The fraction of sp³-hybridized carbons (Fsp3) is 0.320. The third-order valence-electron chi connectivity index (χ3n) is 6.94. The van der Waals surface area contributed by atoms with Gasteiger partial charge in [0.25, 0.3) is 0 Å². The highest BCUT2D eigenvalue weighted by atomic mass is 35.5. The second-order valence-electron chi connectivity index (χ2n) is 8.93. The van der Waals surface area contributed by atoms with Crippen LogP contribution < -0.4 is 5.32 Å². The molecule has 0 radical (unpaired) electrons. The molecule has 1 saturated heterocycles. The molecule has 176 valence electrons. The van der Waals surface area contributed by atoms with Crippen molar-refractivity contribution in [2.75, 3.05) is 5.32 Å². The molecular weight excluding hydrogens is 469 g/mol. The Morgan fingerprint density at radius 3 is 2.24 bits per heavy atom. The Balaban J connectivity index is 1.47. The summed E-state index contributed by atoms with van der Waals surface area (Å²) in [6.45, 7) is 0. The Bertz CT molecular complexity index is 1170. The van der Waals surface area contributed by atoms with Crippen LogP contribution in [0.15, 0.2) is 60.7 Å². The third kappa shape index (κ3) is 3.79. The second-order valence-corrected chi connectivity index (χ2v) is 9.34. The Morgan fingerprint density at radius 1 is 1.03 bits per heavy atom. The molecule has 1 heterocycles. The van der Waals surface area contributed by atoms with E-state index >= 15 is 0 Å². The number of fused-ring (bicyclic) bond motifs is 5. The molecule has 1 aliphatic heterocycles. The Kier molecular flexibility index (Phi) is 5.51. The van der Waals surface area contributed by atoms with Crippen LogP contribution in [0.5, 0.6) is 0 Å². The van der Waals surface area contributed by atoms with E-state index in [0.717, 1.165) is 29.5 Å². The molecule has 2 aromatic carbocycles. The predicted octanol–water partition coefficient (Wildman–Crippen LogP) is 4.72. The number of halogens is 4. The van der Waals surface area contributed by atoms with Gasteiger partial charge in [-0.3, -0.25) is 19.3 Å². The van der Waals surface area contributed by atoms with Gasteiger partial charge in [-0.05, 0) is 42.0 Å². The van der Waals surface area contributed by atoms with Gasteiger partial charge in [0, 0.05) is 6.42 Å². The summed E-state index contributed by atoms with van der Waals surface area (Å²) in [6.07, 6.45) is 0.0570. The highest BCUT2D eigenvalue weighted by Crippen LogP contribution is 2.53. The smallest absolute Gasteiger partial charge is 0.323 e. The molecule has 34 heavy (non-hydrogen) atoms. The van der Waals surface area contributed by atoms with E-state index in [2.05, 4.69) is 5.32 Å². The largest absolute Gasteiger partial charge is 0.416 e. The first-order chi connectivity index (χ1) is 16.1. The van der Waals surface area contributed by atoms with Gasteiger partial charge < -0.3 is 5.32 Å². The molecular formula is C25H20ClF3N2O3. The van der Waals surface area contributed by atoms with Gasteiger partial charge in [-0.25, -0.2) is 0 Å². The molecule has 9 heteroatoms. The number of anilines is 1. The number of alkyl halides is 3. The maximum absolute atomic E-state index is 13.4. The van der Waals surface area contributed by atoms with E-state index in [9.17, 15) is 27.6 Å². The molecule has 0 unspecified atom stereocenters. The molecule has 5 rings (SSSR count). The summed E-state index contributed by atoms with van der Waals surface area (Å²) in [7, 11) is 0. The summed E-state index contributed by atoms with van der Waals surface area (Å²) in [5.74, 6) is -2.63. The van der Waals surface area contributed by atoms with E-state index in [1.165, 1.54) is 0 Å². The number of nitrogens with zero attached hydrogens (tertiary/aromatic N) is 1. The first-order valence-corrected chi connectivity index (χ1v) is 11.3. The molecule has 5 atom stereocenters. The molecule has 2 aliphatic carbocycles. The Labute approximate surface area is 198 Å². The van der Waals surface area contributed by atoms with Crippen molar-refractivity contribution in [2.45, 2.75) is 25.1 Å². The van der Waals surface area contributed by atoms with Crippen molar-refractivity contribution in [2.24, 2.45) is 23.7 Å². The number of rotatable bonds is 5. The van der Waals surface area contributed by atoms with Crippen molar-refractivity contribution < 1.29 is 27.6 Å². The molecule has 2 aromatic rings. The maximum Gasteiger partial charge on any atom is 0.416 e. The number of allylic oxidation sites excluding steroid dienone is 2. The van der Waals surface area contributed by atoms with E-state index in [0.29, 0.717) is 5.56 Å². The van der Waals surface area contributed by atoms with Crippen molar-refractivity contribution in [1.82, 2.24) is 4.90 Å². The van der Waals surface area contributed by atoms with Gasteiger partial charge in [-0.15, -0.1) is 0 Å². The van der Waals surface area contributed by atoms with E-state index in [1.54, 1.807) is 30.3 Å². The third-order valence-corrected chi connectivity index (χ3v) is 7.27. The van der Waals surface area contributed by atoms with Crippen molar-refractivity contribution >= 4 is 35.0 Å². The number of imide groups is 1. The number of amides is 3. The summed E-state index contributed by atoms with van der Waals surface area (Å²) in [6, 6.07) is 10.2. The number of likely N-dealkylation sites (tertiary alicyclic amines) is 1. The number of benzene rings is 2. The molecule has 1 N–H and O–H groups in total. The normalized spacial score (nSPS) is 26.2. The lowest BCUT2D eigenvalue weighted by Gasteiger charge is -2.27. The van der Waals surface area contributed by atoms with Gasteiger partial charge >= 0.3 is 6.18 Å². The highest BCUT2D eigenvalue weighted by molar-refractivity contribution is 6.33. The van der Waals surface area contributed by atoms with Crippen molar-refractivity contribution in [1.29, 1.82) is 0 Å². The average molecular weight is 489 g/mol. The molecule has 0 spiro atoms. The van der Waals surface area contributed by atoms with Crippen LogP contribution in [0.1, 0.15) is 17.5 Å². The van der Waals surface area contributed by atoms with Gasteiger partial charge in [0.05, 0.1) is 28.1 Å². The summed E-state index contributed by atoms with van der Waals surface area (Å²) >= 11 is 6.06. The van der Waals surface area contributed by atoms with Gasteiger partial charge in [0.2, 0.25) is 17.7 Å². The topological polar surface area (TPSA) is 66.5 Å². The SMILES string of the molecule is O=C(Nc1cc(C(F)(F)F)ccc1Cl)[C@H](Cc1ccccc1)N1C(=O)[C@H]2[C@H](C1=O)[C@H]1C=C[C@H]2C1. The lowest BCUT2D eigenvalue weighted by atomic mass is 9.85. The van der Waals surface area contributed by atoms with Gasteiger partial charge in [-0.1, -0.05) is 54.1 Å². The van der Waals surface area contributed by atoms with Gasteiger partial charge in [0.1, 0.15) is 6.04 Å². The monoisotopic (exact) mass is 488 g/mol. The van der Waals surface area contributed by atoms with Crippen LogP contribution in [0.2, 0.25) is 5.02 Å². The van der Waals surface area contributed by atoms with Crippen LogP contribution in [0.4, 0.5) is 18.9 Å². The molecule has 2 bridgehead atoms. The summed E-state index contributed by atoms with van der Waals surface area (Å²) in [4.78, 5) is 41.1. The zero-order valence-electron chi connectivity index (χ0n) is 17.8. The van der Waals surface area contributed by atoms with Crippen LogP contribution in [-0.2, 0) is 27.0 Å². The number of carbonyl (C=O) groups excluding carboxylic acids is 3. The fourth-order valence-corrected chi connectivity index (χ4v) is 5.55. The quantitative estimate of drug-likeness (QED) is 0.489. The Hall–Kier alpha value is -3.13. The number of carbonyl (C=O) groups is 3.